The van der Waals surface area contributed by atoms with Gasteiger partial charge in [-0.25, -0.2) is 9.97 Å². The molecular formula is C31H38N8. The molecule has 2 saturated heterocycles. The maximum absolute atomic E-state index is 4.67. The van der Waals surface area contributed by atoms with Crippen molar-refractivity contribution in [3.05, 3.63) is 72.8 Å². The Morgan fingerprint density at radius 2 is 1.69 bits per heavy atom. The lowest BCUT2D eigenvalue weighted by Gasteiger charge is -2.33. The summed E-state index contributed by atoms with van der Waals surface area (Å²) in [5.74, 6) is 1.78. The molecule has 0 unspecified atom stereocenters. The van der Waals surface area contributed by atoms with Crippen molar-refractivity contribution in [1.82, 2.24) is 29.5 Å². The molecule has 0 radical (unpaired) electrons. The van der Waals surface area contributed by atoms with Crippen LogP contribution in [0.3, 0.4) is 0 Å². The minimum Gasteiger partial charge on any atom is -0.354 e. The minimum atomic E-state index is 0.780. The van der Waals surface area contributed by atoms with E-state index in [-0.39, 0.29) is 0 Å². The summed E-state index contributed by atoms with van der Waals surface area (Å²) >= 11 is 0. The lowest BCUT2D eigenvalue weighted by molar-refractivity contribution is 0.216. The molecule has 8 heteroatoms. The molecule has 0 saturated carbocycles. The number of piperazine rings is 1. The van der Waals surface area contributed by atoms with Crippen molar-refractivity contribution >= 4 is 28.1 Å². The number of fused-ring (bicyclic) bond motifs is 1. The van der Waals surface area contributed by atoms with Crippen molar-refractivity contribution < 1.29 is 0 Å². The van der Waals surface area contributed by atoms with Crippen LogP contribution in [0.5, 0.6) is 0 Å². The van der Waals surface area contributed by atoms with Gasteiger partial charge in [0.15, 0.2) is 0 Å². The van der Waals surface area contributed by atoms with Crippen LogP contribution < -0.4 is 10.2 Å². The first kappa shape index (κ1) is 25.5. The molecule has 202 valence electrons. The van der Waals surface area contributed by atoms with Gasteiger partial charge in [0.05, 0.1) is 11.9 Å². The number of nitrogens with zero attached hydrogens (tertiary/aromatic N) is 7. The third-order valence-electron chi connectivity index (χ3n) is 8.12. The lowest BCUT2D eigenvalue weighted by Crippen LogP contribution is -2.44. The fourth-order valence-corrected chi connectivity index (χ4v) is 5.64. The van der Waals surface area contributed by atoms with E-state index in [4.69, 9.17) is 0 Å². The first-order chi connectivity index (χ1) is 19.0. The summed E-state index contributed by atoms with van der Waals surface area (Å²) in [4.78, 5) is 16.5. The third-order valence-corrected chi connectivity index (χ3v) is 8.12. The molecule has 1 aromatic carbocycles. The van der Waals surface area contributed by atoms with Crippen molar-refractivity contribution in [2.45, 2.75) is 25.8 Å². The summed E-state index contributed by atoms with van der Waals surface area (Å²) in [6, 6.07) is 12.8. The lowest BCUT2D eigenvalue weighted by atomic mass is 10.0. The molecule has 5 heterocycles. The maximum atomic E-state index is 4.67. The zero-order valence-electron chi connectivity index (χ0n) is 23.1. The fraction of sp³-hybridized carbons (Fsp3) is 0.387. The van der Waals surface area contributed by atoms with Gasteiger partial charge >= 0.3 is 0 Å². The molecule has 6 rings (SSSR count). The van der Waals surface area contributed by atoms with Gasteiger partial charge in [0.25, 0.3) is 0 Å². The van der Waals surface area contributed by atoms with E-state index >= 15 is 0 Å². The summed E-state index contributed by atoms with van der Waals surface area (Å²) in [6.45, 7) is 11.7. The Balaban J connectivity index is 1.21. The Morgan fingerprint density at radius 1 is 0.872 bits per heavy atom. The third kappa shape index (κ3) is 5.67. The number of anilines is 2. The summed E-state index contributed by atoms with van der Waals surface area (Å²) in [5, 5.41) is 10.3. The summed E-state index contributed by atoms with van der Waals surface area (Å²) in [6.07, 6.45) is 9.71. The number of likely N-dealkylation sites (N-methyl/N-ethyl adjacent to an activating group) is 1. The zero-order valence-corrected chi connectivity index (χ0v) is 23.1. The second-order valence-electron chi connectivity index (χ2n) is 10.9. The predicted octanol–water partition coefficient (Wildman–Crippen LogP) is 4.85. The van der Waals surface area contributed by atoms with Gasteiger partial charge in [-0.1, -0.05) is 25.1 Å². The first-order valence-electron chi connectivity index (χ1n) is 14.0. The van der Waals surface area contributed by atoms with Gasteiger partial charge < -0.3 is 15.1 Å². The van der Waals surface area contributed by atoms with Gasteiger partial charge in [-0.3, -0.25) is 9.58 Å². The van der Waals surface area contributed by atoms with E-state index < -0.39 is 0 Å². The Morgan fingerprint density at radius 3 is 2.51 bits per heavy atom. The molecule has 4 aromatic rings. The average Bonchev–Trinajstić information content (AvgIpc) is 3.33. The van der Waals surface area contributed by atoms with Crippen molar-refractivity contribution in [1.29, 1.82) is 0 Å². The Bertz CT molecular complexity index is 1460. The van der Waals surface area contributed by atoms with Crippen LogP contribution in [-0.2, 0) is 13.6 Å². The molecule has 39 heavy (non-hydrogen) atoms. The largest absolute Gasteiger partial charge is 0.354 e. The molecule has 8 nitrogen and oxygen atoms in total. The Labute approximate surface area is 231 Å². The van der Waals surface area contributed by atoms with Crippen molar-refractivity contribution in [3.8, 4) is 11.1 Å². The van der Waals surface area contributed by atoms with Crippen LogP contribution in [0.2, 0.25) is 0 Å². The minimum absolute atomic E-state index is 0.780. The summed E-state index contributed by atoms with van der Waals surface area (Å²) in [5.41, 5.74) is 5.49. The monoisotopic (exact) mass is 522 g/mol. The number of aryl methyl sites for hydroxylation is 1. The molecule has 2 aliphatic heterocycles. The number of piperidine rings is 1. The van der Waals surface area contributed by atoms with Gasteiger partial charge in [-0.05, 0) is 68.2 Å². The van der Waals surface area contributed by atoms with E-state index in [1.54, 1.807) is 0 Å². The highest BCUT2D eigenvalue weighted by molar-refractivity contribution is 5.90. The number of hydrogen-bond donors (Lipinski definition) is 1. The van der Waals surface area contributed by atoms with Gasteiger partial charge in [0, 0.05) is 74.4 Å². The first-order valence-corrected chi connectivity index (χ1v) is 14.0. The number of pyridine rings is 2. The van der Waals surface area contributed by atoms with Gasteiger partial charge in [0.2, 0.25) is 0 Å². The zero-order chi connectivity index (χ0) is 26.8. The number of hydrogen-bond acceptors (Lipinski definition) is 7. The SMILES string of the molecule is C=C(Nc1cc2cc(-c3cnn(C)c3CN3CCCCC3)ccc2cn1)c1ccnc(N2CCN(C)CC2)c1. The second-order valence-corrected chi connectivity index (χ2v) is 10.9. The molecular weight excluding hydrogens is 484 g/mol. The smallest absolute Gasteiger partial charge is 0.130 e. The van der Waals surface area contributed by atoms with Crippen LogP contribution in [0.1, 0.15) is 30.5 Å². The van der Waals surface area contributed by atoms with E-state index in [9.17, 15) is 0 Å². The van der Waals surface area contributed by atoms with Crippen LogP contribution in [0, 0.1) is 0 Å². The van der Waals surface area contributed by atoms with Crippen LogP contribution >= 0.6 is 0 Å². The topological polar surface area (TPSA) is 65.4 Å². The van der Waals surface area contributed by atoms with Crippen molar-refractivity contribution in [2.24, 2.45) is 7.05 Å². The van der Waals surface area contributed by atoms with E-state index in [0.717, 1.165) is 66.4 Å². The Kier molecular flexibility index (Phi) is 7.30. The van der Waals surface area contributed by atoms with Crippen molar-refractivity contribution in [3.63, 3.8) is 0 Å². The number of rotatable bonds is 7. The van der Waals surface area contributed by atoms with Gasteiger partial charge in [-0.15, -0.1) is 0 Å². The number of benzene rings is 1. The fourth-order valence-electron chi connectivity index (χ4n) is 5.64. The number of aromatic nitrogens is 4. The molecule has 3 aromatic heterocycles. The highest BCUT2D eigenvalue weighted by Gasteiger charge is 2.18. The maximum Gasteiger partial charge on any atom is 0.130 e. The van der Waals surface area contributed by atoms with Crippen LogP contribution in [0.25, 0.3) is 27.6 Å². The van der Waals surface area contributed by atoms with Crippen LogP contribution in [0.15, 0.2) is 61.6 Å². The standard InChI is InChI=1S/C31H38N8/c1-23(24-9-10-32-31(19-24)39-15-13-36(2)14-16-39)35-30-18-27-17-25(7-8-26(27)20-33-30)28-21-34-37(3)29(28)22-38-11-5-4-6-12-38/h7-10,17-21H,1,4-6,11-16,22H2,2-3H3,(H,33,35). The predicted molar refractivity (Wildman–Crippen MR) is 160 cm³/mol. The Hall–Kier alpha value is -3.75. The highest BCUT2D eigenvalue weighted by atomic mass is 15.3. The molecule has 0 spiro atoms. The number of nitrogens with one attached hydrogen (secondary N) is 1. The van der Waals surface area contributed by atoms with E-state index in [1.165, 1.54) is 49.2 Å². The van der Waals surface area contributed by atoms with Crippen molar-refractivity contribution in [2.75, 3.05) is 56.5 Å². The normalized spacial score (nSPS) is 17.0. The van der Waals surface area contributed by atoms with E-state index in [0.29, 0.717) is 0 Å². The number of likely N-dealkylation sites (tertiary alicyclic amines) is 1. The van der Waals surface area contributed by atoms with E-state index in [2.05, 4.69) is 86.1 Å². The molecule has 0 aliphatic carbocycles. The van der Waals surface area contributed by atoms with Crippen LogP contribution in [-0.4, -0.2) is 75.9 Å². The molecule has 0 atom stereocenters. The molecule has 0 amide bonds. The highest BCUT2D eigenvalue weighted by Crippen LogP contribution is 2.30. The second kappa shape index (κ2) is 11.2. The summed E-state index contributed by atoms with van der Waals surface area (Å²) in [7, 11) is 4.22. The molecule has 1 N–H and O–H groups in total. The molecule has 0 bridgehead atoms. The average molecular weight is 523 g/mol. The van der Waals surface area contributed by atoms with Crippen LogP contribution in [0.4, 0.5) is 11.6 Å². The summed E-state index contributed by atoms with van der Waals surface area (Å²) < 4.78 is 2.03. The van der Waals surface area contributed by atoms with Gasteiger partial charge in [-0.2, -0.15) is 5.10 Å². The van der Waals surface area contributed by atoms with Gasteiger partial charge in [0.1, 0.15) is 11.6 Å². The quantitative estimate of drug-likeness (QED) is 0.372. The van der Waals surface area contributed by atoms with E-state index in [1.807, 2.05) is 29.3 Å². The molecule has 2 fully saturated rings. The molecule has 2 aliphatic rings.